The molecule has 1 heterocycles. The van der Waals surface area contributed by atoms with Crippen molar-refractivity contribution in [1.29, 1.82) is 5.26 Å². The van der Waals surface area contributed by atoms with Crippen molar-refractivity contribution in [3.8, 4) is 29.1 Å². The van der Waals surface area contributed by atoms with E-state index in [2.05, 4.69) is 6.07 Å². The Morgan fingerprint density at radius 2 is 1.81 bits per heavy atom. The zero-order valence-electron chi connectivity index (χ0n) is 23.3. The van der Waals surface area contributed by atoms with Gasteiger partial charge in [-0.3, -0.25) is 0 Å². The first-order valence-corrected chi connectivity index (χ1v) is 13.9. The molecule has 1 unspecified atom stereocenters. The first-order chi connectivity index (χ1) is 20.7. The highest BCUT2D eigenvalue weighted by molar-refractivity contribution is 6.35. The number of aryl methyl sites for hydroxylation is 1. The van der Waals surface area contributed by atoms with Gasteiger partial charge in [0.2, 0.25) is 5.88 Å². The maximum Gasteiger partial charge on any atom is 0.336 e. The van der Waals surface area contributed by atoms with E-state index in [-0.39, 0.29) is 23.8 Å². The number of nitrogens with two attached hydrogens (primary N) is 1. The number of halogens is 2. The van der Waals surface area contributed by atoms with Crippen molar-refractivity contribution < 1.29 is 23.7 Å². The van der Waals surface area contributed by atoms with Crippen molar-refractivity contribution in [3.05, 3.63) is 134 Å². The van der Waals surface area contributed by atoms with E-state index in [9.17, 15) is 10.1 Å². The van der Waals surface area contributed by atoms with Crippen LogP contribution in [0.3, 0.4) is 0 Å². The largest absolute Gasteiger partial charge is 0.493 e. The van der Waals surface area contributed by atoms with Gasteiger partial charge in [0.25, 0.3) is 0 Å². The van der Waals surface area contributed by atoms with Crippen molar-refractivity contribution in [2.75, 3.05) is 7.11 Å². The predicted molar refractivity (Wildman–Crippen MR) is 165 cm³/mol. The van der Waals surface area contributed by atoms with Crippen LogP contribution in [0.4, 0.5) is 0 Å². The molecular weight excluding hydrogens is 587 g/mol. The molecule has 1 aliphatic heterocycles. The molecule has 43 heavy (non-hydrogen) atoms. The molecule has 1 aliphatic rings. The van der Waals surface area contributed by atoms with Gasteiger partial charge >= 0.3 is 5.97 Å². The maximum atomic E-state index is 12.5. The van der Waals surface area contributed by atoms with Gasteiger partial charge in [-0.1, -0.05) is 71.2 Å². The van der Waals surface area contributed by atoms with Gasteiger partial charge in [0.1, 0.15) is 29.7 Å². The average Bonchev–Trinajstić information content (AvgIpc) is 2.99. The fraction of sp³-hybridized carbons (Fsp3) is 0.118. The second-order valence-electron chi connectivity index (χ2n) is 9.72. The Morgan fingerprint density at radius 1 is 1.02 bits per heavy atom. The number of hydrogen-bond donors (Lipinski definition) is 1. The van der Waals surface area contributed by atoms with E-state index in [4.69, 9.17) is 47.9 Å². The van der Waals surface area contributed by atoms with E-state index in [0.717, 1.165) is 22.3 Å². The van der Waals surface area contributed by atoms with Gasteiger partial charge < -0.3 is 24.7 Å². The quantitative estimate of drug-likeness (QED) is 0.123. The molecular formula is C34H26Cl2N2O5. The number of methoxy groups -OCH3 is 1. The van der Waals surface area contributed by atoms with E-state index >= 15 is 0 Å². The lowest BCUT2D eigenvalue weighted by molar-refractivity contribution is -0.128. The minimum absolute atomic E-state index is 0.0422. The van der Waals surface area contributed by atoms with E-state index < -0.39 is 11.9 Å². The molecule has 4 aromatic carbocycles. The Bertz CT molecular complexity index is 1790. The number of hydrogen-bond acceptors (Lipinski definition) is 7. The first-order valence-electron chi connectivity index (χ1n) is 13.2. The molecule has 0 saturated heterocycles. The highest BCUT2D eigenvalue weighted by Crippen LogP contribution is 2.45. The average molecular weight is 613 g/mol. The summed E-state index contributed by atoms with van der Waals surface area (Å²) < 4.78 is 22.9. The van der Waals surface area contributed by atoms with Gasteiger partial charge in [-0.05, 0) is 54.5 Å². The molecule has 1 atom stereocenters. The van der Waals surface area contributed by atoms with E-state index in [0.29, 0.717) is 32.9 Å². The number of carbonyl (C=O) groups is 1. The zero-order chi connectivity index (χ0) is 30.5. The number of nitriles is 1. The molecule has 0 aliphatic carbocycles. The Hall–Kier alpha value is -4.90. The number of nitrogens with zero attached hydrogens (tertiary/aromatic N) is 1. The number of esters is 1. The number of ether oxygens (including phenoxy) is 4. The van der Waals surface area contributed by atoms with Crippen LogP contribution in [0.2, 0.25) is 10.0 Å². The molecule has 9 heteroatoms. The van der Waals surface area contributed by atoms with Crippen molar-refractivity contribution in [2.24, 2.45) is 5.73 Å². The van der Waals surface area contributed by atoms with Crippen molar-refractivity contribution in [2.45, 2.75) is 19.4 Å². The standard InChI is InChI=1S/C34H26Cl2N2O5/c1-20-3-5-21(6-4-20)7-14-32(39)42-25-11-12-26-30(17-25)43-34(38)27(18-37)33(26)22-9-13-29(31(15-22)40-2)41-19-23-8-10-24(35)16-28(23)36/h3-17,33H,19,38H2,1-2H3/b14-7+. The molecule has 4 aromatic rings. The summed E-state index contributed by atoms with van der Waals surface area (Å²) in [4.78, 5) is 12.5. The summed E-state index contributed by atoms with van der Waals surface area (Å²) in [6.07, 6.45) is 3.03. The fourth-order valence-corrected chi connectivity index (χ4v) is 5.07. The topological polar surface area (TPSA) is 104 Å². The van der Waals surface area contributed by atoms with Crippen molar-refractivity contribution in [3.63, 3.8) is 0 Å². The molecule has 0 spiro atoms. The second-order valence-corrected chi connectivity index (χ2v) is 10.6. The molecule has 0 radical (unpaired) electrons. The van der Waals surface area contributed by atoms with Gasteiger partial charge in [-0.25, -0.2) is 4.79 Å². The lowest BCUT2D eigenvalue weighted by Gasteiger charge is -2.27. The van der Waals surface area contributed by atoms with Crippen LogP contribution in [-0.2, 0) is 11.4 Å². The van der Waals surface area contributed by atoms with Gasteiger partial charge in [0, 0.05) is 33.3 Å². The Labute approximate surface area is 259 Å². The predicted octanol–water partition coefficient (Wildman–Crippen LogP) is 7.73. The summed E-state index contributed by atoms with van der Waals surface area (Å²) in [7, 11) is 1.53. The van der Waals surface area contributed by atoms with Crippen LogP contribution in [0, 0.1) is 18.3 Å². The summed E-state index contributed by atoms with van der Waals surface area (Å²) in [6.45, 7) is 2.19. The minimum atomic E-state index is -0.561. The summed E-state index contributed by atoms with van der Waals surface area (Å²) in [5, 5.41) is 11.0. The maximum absolute atomic E-state index is 12.5. The molecule has 0 saturated carbocycles. The van der Waals surface area contributed by atoms with Crippen LogP contribution in [0.25, 0.3) is 6.08 Å². The Balaban J connectivity index is 1.38. The SMILES string of the molecule is COc1cc(C2C(C#N)=C(N)Oc3cc(OC(=O)/C=C/c4ccc(C)cc4)ccc32)ccc1OCc1ccc(Cl)cc1Cl. The van der Waals surface area contributed by atoms with Crippen LogP contribution in [0.15, 0.2) is 96.4 Å². The van der Waals surface area contributed by atoms with Gasteiger partial charge in [0.15, 0.2) is 11.5 Å². The first kappa shape index (κ1) is 29.6. The Kier molecular flexibility index (Phi) is 8.91. The lowest BCUT2D eigenvalue weighted by atomic mass is 9.83. The Morgan fingerprint density at radius 3 is 2.53 bits per heavy atom. The monoisotopic (exact) mass is 612 g/mol. The van der Waals surface area contributed by atoms with E-state index in [1.54, 1.807) is 54.6 Å². The number of rotatable bonds is 8. The summed E-state index contributed by atoms with van der Waals surface area (Å²) >= 11 is 12.3. The zero-order valence-corrected chi connectivity index (χ0v) is 24.8. The van der Waals surface area contributed by atoms with Gasteiger partial charge in [-0.15, -0.1) is 0 Å². The third-order valence-electron chi connectivity index (χ3n) is 6.82. The van der Waals surface area contributed by atoms with Crippen molar-refractivity contribution >= 4 is 35.2 Å². The number of allylic oxidation sites excluding steroid dienone is 1. The fourth-order valence-electron chi connectivity index (χ4n) is 4.61. The second kappa shape index (κ2) is 13.0. The van der Waals surface area contributed by atoms with E-state index in [1.807, 2.05) is 37.3 Å². The van der Waals surface area contributed by atoms with E-state index in [1.165, 1.54) is 13.2 Å². The minimum Gasteiger partial charge on any atom is -0.493 e. The van der Waals surface area contributed by atoms with Crippen LogP contribution in [0.5, 0.6) is 23.0 Å². The molecule has 5 rings (SSSR count). The molecule has 0 amide bonds. The highest BCUT2D eigenvalue weighted by Gasteiger charge is 2.31. The molecule has 7 nitrogen and oxygen atoms in total. The number of carbonyl (C=O) groups excluding carboxylic acids is 1. The third kappa shape index (κ3) is 6.78. The van der Waals surface area contributed by atoms with Crippen LogP contribution in [-0.4, -0.2) is 13.1 Å². The third-order valence-corrected chi connectivity index (χ3v) is 7.40. The van der Waals surface area contributed by atoms with Crippen LogP contribution >= 0.6 is 23.2 Å². The normalized spacial score (nSPS) is 14.1. The van der Waals surface area contributed by atoms with Crippen molar-refractivity contribution in [1.82, 2.24) is 0 Å². The van der Waals surface area contributed by atoms with Gasteiger partial charge in [0.05, 0.1) is 13.0 Å². The number of fused-ring (bicyclic) bond motifs is 1. The molecule has 216 valence electrons. The summed E-state index contributed by atoms with van der Waals surface area (Å²) in [5.41, 5.74) is 10.6. The summed E-state index contributed by atoms with van der Waals surface area (Å²) in [6, 6.07) is 25.4. The summed E-state index contributed by atoms with van der Waals surface area (Å²) in [5.74, 6) is 0.429. The molecule has 0 bridgehead atoms. The van der Waals surface area contributed by atoms with Gasteiger partial charge in [-0.2, -0.15) is 5.26 Å². The molecule has 0 fully saturated rings. The highest BCUT2D eigenvalue weighted by atomic mass is 35.5. The molecule has 2 N–H and O–H groups in total. The lowest BCUT2D eigenvalue weighted by Crippen LogP contribution is -2.21. The number of benzene rings is 4. The molecule has 0 aromatic heterocycles. The van der Waals surface area contributed by atoms with Crippen LogP contribution in [0.1, 0.15) is 33.7 Å². The smallest absolute Gasteiger partial charge is 0.336 e. The van der Waals surface area contributed by atoms with Crippen LogP contribution < -0.4 is 24.7 Å².